The van der Waals surface area contributed by atoms with Crippen LogP contribution in [0, 0.1) is 6.92 Å². The van der Waals surface area contributed by atoms with E-state index in [-0.39, 0.29) is 0 Å². The zero-order valence-corrected chi connectivity index (χ0v) is 19.3. The van der Waals surface area contributed by atoms with E-state index in [0.717, 1.165) is 69.2 Å². The van der Waals surface area contributed by atoms with Gasteiger partial charge in [0.15, 0.2) is 0 Å². The predicted octanol–water partition coefficient (Wildman–Crippen LogP) is 5.02. The minimum atomic E-state index is 0.872. The molecule has 1 aliphatic heterocycles. The fourth-order valence-electron chi connectivity index (χ4n) is 4.59. The number of hydrogen-bond acceptors (Lipinski definition) is 4. The van der Waals surface area contributed by atoms with E-state index >= 15 is 0 Å². The van der Waals surface area contributed by atoms with E-state index in [9.17, 15) is 0 Å². The van der Waals surface area contributed by atoms with Gasteiger partial charge in [-0.25, -0.2) is 4.98 Å². The molecule has 5 rings (SSSR count). The number of H-pyrrole nitrogens is 1. The lowest BCUT2D eigenvalue weighted by Gasteiger charge is -2.26. The average Bonchev–Trinajstić information content (AvgIpc) is 3.24. The zero-order chi connectivity index (χ0) is 22.5. The molecule has 1 aromatic heterocycles. The largest absolute Gasteiger partial charge is 0.379 e. The summed E-state index contributed by atoms with van der Waals surface area (Å²) in [5, 5.41) is 3.64. The van der Waals surface area contributed by atoms with Gasteiger partial charge in [-0.3, -0.25) is 4.90 Å². The second-order valence-electron chi connectivity index (χ2n) is 8.77. The Labute approximate surface area is 195 Å². The first-order valence-corrected chi connectivity index (χ1v) is 11.9. The number of nitrogens with zero attached hydrogens (tertiary/aromatic N) is 2. The van der Waals surface area contributed by atoms with Crippen LogP contribution in [0.1, 0.15) is 17.8 Å². The highest BCUT2D eigenvalue weighted by Crippen LogP contribution is 2.28. The first-order chi connectivity index (χ1) is 16.3. The van der Waals surface area contributed by atoms with E-state index in [1.54, 1.807) is 0 Å². The normalized spacial score (nSPS) is 14.7. The lowest BCUT2D eigenvalue weighted by Crippen LogP contribution is -2.37. The molecule has 0 bridgehead atoms. The summed E-state index contributed by atoms with van der Waals surface area (Å²) in [7, 11) is 0. The molecule has 33 heavy (non-hydrogen) atoms. The fourth-order valence-corrected chi connectivity index (χ4v) is 4.59. The number of ether oxygens (including phenoxy) is 1. The number of aryl methyl sites for hydroxylation is 1. The van der Waals surface area contributed by atoms with Crippen molar-refractivity contribution in [1.82, 2.24) is 20.2 Å². The average molecular weight is 441 g/mol. The topological polar surface area (TPSA) is 53.2 Å². The van der Waals surface area contributed by atoms with Crippen LogP contribution >= 0.6 is 0 Å². The summed E-state index contributed by atoms with van der Waals surface area (Å²) < 4.78 is 5.43. The first-order valence-electron chi connectivity index (χ1n) is 11.9. The molecular weight excluding hydrogens is 408 g/mol. The second kappa shape index (κ2) is 10.3. The van der Waals surface area contributed by atoms with Gasteiger partial charge >= 0.3 is 0 Å². The Morgan fingerprint density at radius 3 is 2.55 bits per heavy atom. The molecule has 0 saturated carbocycles. The van der Waals surface area contributed by atoms with Gasteiger partial charge in [-0.05, 0) is 66.4 Å². The van der Waals surface area contributed by atoms with Gasteiger partial charge in [0, 0.05) is 19.6 Å². The summed E-state index contributed by atoms with van der Waals surface area (Å²) in [6.07, 6.45) is 1.16. The van der Waals surface area contributed by atoms with Crippen molar-refractivity contribution < 1.29 is 4.74 Å². The van der Waals surface area contributed by atoms with Gasteiger partial charge in [-0.1, -0.05) is 54.6 Å². The van der Waals surface area contributed by atoms with Gasteiger partial charge in [0.25, 0.3) is 0 Å². The van der Waals surface area contributed by atoms with Gasteiger partial charge < -0.3 is 15.0 Å². The van der Waals surface area contributed by atoms with Gasteiger partial charge in [-0.2, -0.15) is 0 Å². The maximum Gasteiger partial charge on any atom is 0.104 e. The van der Waals surface area contributed by atoms with Crippen molar-refractivity contribution in [2.45, 2.75) is 19.9 Å². The number of nitrogens with one attached hydrogen (secondary N) is 2. The summed E-state index contributed by atoms with van der Waals surface area (Å²) in [6.45, 7) is 8.92. The zero-order valence-electron chi connectivity index (χ0n) is 19.3. The van der Waals surface area contributed by atoms with E-state index < -0.39 is 0 Å². The molecule has 2 N–H and O–H groups in total. The fraction of sp³-hybridized carbons (Fsp3) is 0.321. The highest BCUT2D eigenvalue weighted by molar-refractivity contribution is 5.82. The van der Waals surface area contributed by atoms with Crippen LogP contribution in [0.5, 0.6) is 0 Å². The third-order valence-corrected chi connectivity index (χ3v) is 6.39. The van der Waals surface area contributed by atoms with Crippen molar-refractivity contribution in [3.63, 3.8) is 0 Å². The van der Waals surface area contributed by atoms with Crippen molar-refractivity contribution in [2.24, 2.45) is 0 Å². The van der Waals surface area contributed by atoms with Crippen LogP contribution in [0.4, 0.5) is 0 Å². The number of aromatic amines is 1. The Hall–Kier alpha value is -2.99. The van der Waals surface area contributed by atoms with Gasteiger partial charge in [0.1, 0.15) is 5.82 Å². The van der Waals surface area contributed by atoms with Crippen LogP contribution in [0.15, 0.2) is 66.7 Å². The van der Waals surface area contributed by atoms with Crippen molar-refractivity contribution in [2.75, 3.05) is 39.4 Å². The number of rotatable bonds is 8. The van der Waals surface area contributed by atoms with Crippen LogP contribution < -0.4 is 5.32 Å². The van der Waals surface area contributed by atoms with Crippen molar-refractivity contribution in [1.29, 1.82) is 0 Å². The Bertz CT molecular complexity index is 1190. The van der Waals surface area contributed by atoms with Crippen molar-refractivity contribution in [3.8, 4) is 22.3 Å². The molecule has 170 valence electrons. The number of benzene rings is 3. The number of morpholine rings is 1. The van der Waals surface area contributed by atoms with Gasteiger partial charge in [-0.15, -0.1) is 0 Å². The molecular formula is C28H32N4O. The Kier molecular flexibility index (Phi) is 6.81. The molecule has 3 aromatic carbocycles. The SMILES string of the molecule is Cc1nc2ccc(-c3ccc(-c4ccccc4CNCCCN4CCOCC4)cc3)cc2[nH]1. The quantitative estimate of drug-likeness (QED) is 0.378. The molecule has 0 radical (unpaired) electrons. The van der Waals surface area contributed by atoms with E-state index in [1.807, 2.05) is 6.92 Å². The van der Waals surface area contributed by atoms with Gasteiger partial charge in [0.05, 0.1) is 24.2 Å². The lowest BCUT2D eigenvalue weighted by atomic mass is 9.97. The molecule has 0 amide bonds. The molecule has 5 nitrogen and oxygen atoms in total. The molecule has 0 spiro atoms. The Balaban J connectivity index is 1.22. The van der Waals surface area contributed by atoms with Gasteiger partial charge in [0.2, 0.25) is 0 Å². The highest BCUT2D eigenvalue weighted by Gasteiger charge is 2.10. The van der Waals surface area contributed by atoms with E-state index in [1.165, 1.54) is 27.8 Å². The molecule has 1 aliphatic rings. The van der Waals surface area contributed by atoms with Crippen molar-refractivity contribution >= 4 is 11.0 Å². The number of hydrogen-bond donors (Lipinski definition) is 2. The lowest BCUT2D eigenvalue weighted by molar-refractivity contribution is 0.0374. The molecule has 0 atom stereocenters. The first kappa shape index (κ1) is 21.8. The van der Waals surface area contributed by atoms with Crippen LogP contribution in [-0.4, -0.2) is 54.3 Å². The third-order valence-electron chi connectivity index (χ3n) is 6.39. The third kappa shape index (κ3) is 5.33. The standard InChI is InChI=1S/C28H32N4O/c1-21-30-27-12-11-24(19-28(27)31-21)22-7-9-23(10-8-22)26-6-3-2-5-25(26)20-29-13-4-14-32-15-17-33-18-16-32/h2-3,5-12,19,29H,4,13-18,20H2,1H3,(H,30,31). The Morgan fingerprint density at radius 1 is 0.939 bits per heavy atom. The highest BCUT2D eigenvalue weighted by atomic mass is 16.5. The molecule has 0 unspecified atom stereocenters. The Morgan fingerprint density at radius 2 is 1.70 bits per heavy atom. The minimum Gasteiger partial charge on any atom is -0.379 e. The maximum atomic E-state index is 5.43. The number of aromatic nitrogens is 2. The second-order valence-corrected chi connectivity index (χ2v) is 8.77. The summed E-state index contributed by atoms with van der Waals surface area (Å²) >= 11 is 0. The van der Waals surface area contributed by atoms with Crippen LogP contribution in [0.25, 0.3) is 33.3 Å². The van der Waals surface area contributed by atoms with Crippen LogP contribution in [-0.2, 0) is 11.3 Å². The number of imidazole rings is 1. The molecule has 1 fully saturated rings. The molecule has 1 saturated heterocycles. The monoisotopic (exact) mass is 440 g/mol. The molecule has 4 aromatic rings. The molecule has 2 heterocycles. The smallest absolute Gasteiger partial charge is 0.104 e. The maximum absolute atomic E-state index is 5.43. The summed E-state index contributed by atoms with van der Waals surface area (Å²) in [5.74, 6) is 0.948. The van der Waals surface area contributed by atoms with Crippen molar-refractivity contribution in [3.05, 3.63) is 78.1 Å². The predicted molar refractivity (Wildman–Crippen MR) is 135 cm³/mol. The van der Waals surface area contributed by atoms with E-state index in [2.05, 4.69) is 86.9 Å². The van der Waals surface area contributed by atoms with E-state index in [0.29, 0.717) is 0 Å². The molecule has 0 aliphatic carbocycles. The minimum absolute atomic E-state index is 0.872. The molecule has 5 heteroatoms. The van der Waals surface area contributed by atoms with Crippen LogP contribution in [0.3, 0.4) is 0 Å². The summed E-state index contributed by atoms with van der Waals surface area (Å²) in [4.78, 5) is 10.3. The van der Waals surface area contributed by atoms with E-state index in [4.69, 9.17) is 4.74 Å². The summed E-state index contributed by atoms with van der Waals surface area (Å²) in [6, 6.07) is 24.0. The summed E-state index contributed by atoms with van der Waals surface area (Å²) in [5.41, 5.74) is 8.40. The number of fused-ring (bicyclic) bond motifs is 1. The van der Waals surface area contributed by atoms with Crippen LogP contribution in [0.2, 0.25) is 0 Å².